The Hall–Kier alpha value is -2.53. The van der Waals surface area contributed by atoms with Crippen LogP contribution in [0.3, 0.4) is 0 Å². The van der Waals surface area contributed by atoms with E-state index in [2.05, 4.69) is 10.6 Å². The first-order valence-corrected chi connectivity index (χ1v) is 8.06. The fraction of sp³-hybridized carbons (Fsp3) is 0.316. The maximum absolute atomic E-state index is 12.1. The highest BCUT2D eigenvalue weighted by Gasteiger charge is 2.12. The number of aliphatic hydroxyl groups excluding tert-OH is 1. The molecule has 3 N–H and O–H groups in total. The molecule has 0 saturated carbocycles. The molecule has 2 aromatic carbocycles. The number of hydrogen-bond donors (Lipinski definition) is 3. The maximum Gasteiger partial charge on any atom is 0.319 e. The predicted molar refractivity (Wildman–Crippen MR) is 95.4 cm³/mol. The number of anilines is 1. The summed E-state index contributed by atoms with van der Waals surface area (Å²) in [4.78, 5) is 12.1. The number of rotatable bonds is 7. The monoisotopic (exact) mass is 328 g/mol. The van der Waals surface area contributed by atoms with Gasteiger partial charge in [0.25, 0.3) is 0 Å². The second kappa shape index (κ2) is 8.93. The van der Waals surface area contributed by atoms with E-state index in [1.165, 1.54) is 0 Å². The first-order chi connectivity index (χ1) is 11.6. The number of ether oxygens (including phenoxy) is 1. The first-order valence-electron chi connectivity index (χ1n) is 8.06. The van der Waals surface area contributed by atoms with Crippen molar-refractivity contribution in [1.82, 2.24) is 5.32 Å². The molecule has 0 saturated heterocycles. The molecule has 0 aliphatic heterocycles. The second-order valence-corrected chi connectivity index (χ2v) is 5.86. The summed E-state index contributed by atoms with van der Waals surface area (Å²) in [5.41, 5.74) is 1.73. The second-order valence-electron chi connectivity index (χ2n) is 5.86. The van der Waals surface area contributed by atoms with Gasteiger partial charge in [-0.1, -0.05) is 30.3 Å². The normalized spacial score (nSPS) is 11.8. The standard InChI is InChI=1S/C19H24N2O3/c1-14(2)24-18-10-8-16(9-11-18)20-19(23)21-17(13-22)12-15-6-4-3-5-7-15/h3-11,14,17,22H,12-13H2,1-2H3,(H2,20,21,23). The van der Waals surface area contributed by atoms with Gasteiger partial charge in [-0.15, -0.1) is 0 Å². The van der Waals surface area contributed by atoms with E-state index in [0.717, 1.165) is 11.3 Å². The van der Waals surface area contributed by atoms with Crippen LogP contribution >= 0.6 is 0 Å². The number of amides is 2. The van der Waals surface area contributed by atoms with Crippen LogP contribution in [0.5, 0.6) is 5.75 Å². The molecule has 0 aliphatic rings. The molecule has 0 radical (unpaired) electrons. The Bertz CT molecular complexity index is 627. The third-order valence-corrected chi connectivity index (χ3v) is 3.36. The highest BCUT2D eigenvalue weighted by Crippen LogP contribution is 2.16. The third kappa shape index (κ3) is 5.93. The highest BCUT2D eigenvalue weighted by molar-refractivity contribution is 5.89. The van der Waals surface area contributed by atoms with Crippen LogP contribution in [0.4, 0.5) is 10.5 Å². The number of nitrogens with one attached hydrogen (secondary N) is 2. The number of urea groups is 1. The zero-order valence-electron chi connectivity index (χ0n) is 14.0. The van der Waals surface area contributed by atoms with Gasteiger partial charge in [-0.25, -0.2) is 4.79 Å². The topological polar surface area (TPSA) is 70.6 Å². The smallest absolute Gasteiger partial charge is 0.319 e. The average molecular weight is 328 g/mol. The molecule has 0 fully saturated rings. The number of hydrogen-bond acceptors (Lipinski definition) is 3. The zero-order chi connectivity index (χ0) is 17.4. The van der Waals surface area contributed by atoms with Crippen LogP contribution in [0.15, 0.2) is 54.6 Å². The van der Waals surface area contributed by atoms with E-state index in [1.807, 2.05) is 56.3 Å². The van der Waals surface area contributed by atoms with E-state index in [0.29, 0.717) is 12.1 Å². The molecule has 0 aliphatic carbocycles. The molecule has 128 valence electrons. The fourth-order valence-corrected chi connectivity index (χ4v) is 2.30. The lowest BCUT2D eigenvalue weighted by Gasteiger charge is -2.17. The van der Waals surface area contributed by atoms with Crippen molar-refractivity contribution in [2.24, 2.45) is 0 Å². The number of carbonyl (C=O) groups excluding carboxylic acids is 1. The molecule has 1 atom stereocenters. The van der Waals surface area contributed by atoms with E-state index in [4.69, 9.17) is 4.74 Å². The van der Waals surface area contributed by atoms with Crippen molar-refractivity contribution in [2.45, 2.75) is 32.4 Å². The Morgan fingerprint density at radius 3 is 2.33 bits per heavy atom. The van der Waals surface area contributed by atoms with Crippen LogP contribution in [0.1, 0.15) is 19.4 Å². The Morgan fingerprint density at radius 1 is 1.08 bits per heavy atom. The molecule has 0 aromatic heterocycles. The van der Waals surface area contributed by atoms with Crippen molar-refractivity contribution in [3.8, 4) is 5.75 Å². The summed E-state index contributed by atoms with van der Waals surface area (Å²) in [7, 11) is 0. The van der Waals surface area contributed by atoms with Crippen molar-refractivity contribution < 1.29 is 14.6 Å². The van der Waals surface area contributed by atoms with Gasteiger partial charge >= 0.3 is 6.03 Å². The average Bonchev–Trinajstić information content (AvgIpc) is 2.56. The minimum Gasteiger partial charge on any atom is -0.491 e. The summed E-state index contributed by atoms with van der Waals surface area (Å²) < 4.78 is 5.56. The molecule has 0 heterocycles. The fourth-order valence-electron chi connectivity index (χ4n) is 2.30. The Labute approximate surface area is 142 Å². The molecule has 5 heteroatoms. The molecule has 0 spiro atoms. The number of carbonyl (C=O) groups is 1. The van der Waals surface area contributed by atoms with Crippen molar-refractivity contribution in [1.29, 1.82) is 0 Å². The van der Waals surface area contributed by atoms with Crippen LogP contribution in [-0.2, 0) is 6.42 Å². The summed E-state index contributed by atoms with van der Waals surface area (Å²) in [6.07, 6.45) is 0.682. The molecule has 2 amide bonds. The van der Waals surface area contributed by atoms with Gasteiger partial charge in [0.15, 0.2) is 0 Å². The van der Waals surface area contributed by atoms with Gasteiger partial charge in [0.05, 0.1) is 18.8 Å². The third-order valence-electron chi connectivity index (χ3n) is 3.36. The molecule has 2 aromatic rings. The van der Waals surface area contributed by atoms with E-state index in [9.17, 15) is 9.90 Å². The van der Waals surface area contributed by atoms with Crippen LogP contribution in [0.2, 0.25) is 0 Å². The molecular formula is C19H24N2O3. The molecule has 24 heavy (non-hydrogen) atoms. The SMILES string of the molecule is CC(C)Oc1ccc(NC(=O)NC(CO)Cc2ccccc2)cc1. The summed E-state index contributed by atoms with van der Waals surface area (Å²) in [6.45, 7) is 3.80. The van der Waals surface area contributed by atoms with E-state index in [1.54, 1.807) is 12.1 Å². The van der Waals surface area contributed by atoms with Gasteiger partial charge in [0.2, 0.25) is 0 Å². The van der Waals surface area contributed by atoms with E-state index >= 15 is 0 Å². The van der Waals surface area contributed by atoms with Gasteiger partial charge in [-0.2, -0.15) is 0 Å². The Kier molecular flexibility index (Phi) is 6.63. The number of aliphatic hydroxyl groups is 1. The van der Waals surface area contributed by atoms with Crippen molar-refractivity contribution >= 4 is 11.7 Å². The molecular weight excluding hydrogens is 304 g/mol. The lowest BCUT2D eigenvalue weighted by Crippen LogP contribution is -2.41. The largest absolute Gasteiger partial charge is 0.491 e. The van der Waals surface area contributed by atoms with E-state index in [-0.39, 0.29) is 24.8 Å². The van der Waals surface area contributed by atoms with Crippen molar-refractivity contribution in [3.05, 3.63) is 60.2 Å². The van der Waals surface area contributed by atoms with Crippen LogP contribution in [0.25, 0.3) is 0 Å². The van der Waals surface area contributed by atoms with Gasteiger partial charge in [0.1, 0.15) is 5.75 Å². The highest BCUT2D eigenvalue weighted by atomic mass is 16.5. The van der Waals surface area contributed by atoms with Gasteiger partial charge in [-0.05, 0) is 50.1 Å². The van der Waals surface area contributed by atoms with E-state index < -0.39 is 0 Å². The predicted octanol–water partition coefficient (Wildman–Crippen LogP) is 3.20. The van der Waals surface area contributed by atoms with Gasteiger partial charge < -0.3 is 20.5 Å². The molecule has 0 bridgehead atoms. The Balaban J connectivity index is 1.87. The summed E-state index contributed by atoms with van der Waals surface area (Å²) in [5.74, 6) is 0.758. The van der Waals surface area contributed by atoms with Crippen LogP contribution in [-0.4, -0.2) is 29.9 Å². The van der Waals surface area contributed by atoms with Gasteiger partial charge in [-0.3, -0.25) is 0 Å². The van der Waals surface area contributed by atoms with Crippen molar-refractivity contribution in [2.75, 3.05) is 11.9 Å². The number of benzene rings is 2. The minimum atomic E-state index is -0.345. The van der Waals surface area contributed by atoms with Gasteiger partial charge in [0, 0.05) is 5.69 Å². The quantitative estimate of drug-likeness (QED) is 0.731. The summed E-state index contributed by atoms with van der Waals surface area (Å²) in [6, 6.07) is 16.2. The molecule has 5 nitrogen and oxygen atoms in total. The van der Waals surface area contributed by atoms with Crippen molar-refractivity contribution in [3.63, 3.8) is 0 Å². The molecule has 1 unspecified atom stereocenters. The Morgan fingerprint density at radius 2 is 1.75 bits per heavy atom. The first kappa shape index (κ1) is 17.8. The summed E-state index contributed by atoms with van der Waals surface area (Å²) >= 11 is 0. The zero-order valence-corrected chi connectivity index (χ0v) is 14.0. The lowest BCUT2D eigenvalue weighted by atomic mass is 10.1. The summed E-state index contributed by atoms with van der Waals surface area (Å²) in [5, 5.41) is 15.0. The maximum atomic E-state index is 12.1. The lowest BCUT2D eigenvalue weighted by molar-refractivity contribution is 0.224. The minimum absolute atomic E-state index is 0.107. The van der Waals surface area contributed by atoms with Crippen LogP contribution < -0.4 is 15.4 Å². The van der Waals surface area contributed by atoms with Crippen LogP contribution in [0, 0.1) is 0 Å². The molecule has 2 rings (SSSR count).